The minimum atomic E-state index is 0.435. The van der Waals surface area contributed by atoms with Crippen LogP contribution in [-0.2, 0) is 24.2 Å². The summed E-state index contributed by atoms with van der Waals surface area (Å²) in [5, 5.41) is 3.53. The van der Waals surface area contributed by atoms with Crippen LogP contribution in [0.15, 0.2) is 12.1 Å². The van der Waals surface area contributed by atoms with Gasteiger partial charge in [0, 0.05) is 37.6 Å². The first kappa shape index (κ1) is 13.6. The number of nitrogens with one attached hydrogen (secondary N) is 1. The van der Waals surface area contributed by atoms with E-state index in [0.29, 0.717) is 6.10 Å². The minimum Gasteiger partial charge on any atom is -0.377 e. The fraction of sp³-hybridized carbons (Fsp3) is 0.733. The molecule has 0 spiro atoms. The summed E-state index contributed by atoms with van der Waals surface area (Å²) in [6.07, 6.45) is 5.26. The zero-order chi connectivity index (χ0) is 12.8. The van der Waals surface area contributed by atoms with Crippen molar-refractivity contribution >= 4 is 0 Å². The largest absolute Gasteiger partial charge is 0.377 e. The van der Waals surface area contributed by atoms with Gasteiger partial charge in [0.15, 0.2) is 0 Å². The predicted molar refractivity (Wildman–Crippen MR) is 74.8 cm³/mol. The fourth-order valence-electron chi connectivity index (χ4n) is 2.76. The number of rotatable bonds is 7. The summed E-state index contributed by atoms with van der Waals surface area (Å²) in [6, 6.07) is 4.53. The molecule has 1 aliphatic heterocycles. The third-order valence-electron chi connectivity index (χ3n) is 3.69. The summed E-state index contributed by atoms with van der Waals surface area (Å²) < 4.78 is 8.06. The molecule has 1 aromatic heterocycles. The van der Waals surface area contributed by atoms with Gasteiger partial charge in [-0.3, -0.25) is 0 Å². The number of hydrogen-bond acceptors (Lipinski definition) is 2. The van der Waals surface area contributed by atoms with Crippen molar-refractivity contribution in [1.29, 1.82) is 0 Å². The Bertz CT molecular complexity index is 353. The van der Waals surface area contributed by atoms with Gasteiger partial charge in [-0.1, -0.05) is 13.3 Å². The Morgan fingerprint density at radius 2 is 2.17 bits per heavy atom. The summed E-state index contributed by atoms with van der Waals surface area (Å²) in [5.41, 5.74) is 2.87. The highest BCUT2D eigenvalue weighted by Crippen LogP contribution is 2.13. The van der Waals surface area contributed by atoms with Crippen LogP contribution in [-0.4, -0.2) is 23.8 Å². The van der Waals surface area contributed by atoms with Gasteiger partial charge in [-0.25, -0.2) is 0 Å². The molecule has 1 aromatic rings. The van der Waals surface area contributed by atoms with Crippen LogP contribution in [0, 0.1) is 0 Å². The molecule has 2 heterocycles. The SMILES string of the molecule is CCCc1ccc(CNC[C@@H]2CCCO2)n1CC. The van der Waals surface area contributed by atoms with Crippen LogP contribution >= 0.6 is 0 Å². The quantitative estimate of drug-likeness (QED) is 0.805. The monoisotopic (exact) mass is 250 g/mol. The third kappa shape index (κ3) is 3.36. The van der Waals surface area contributed by atoms with E-state index in [1.807, 2.05) is 0 Å². The minimum absolute atomic E-state index is 0.435. The van der Waals surface area contributed by atoms with Gasteiger partial charge in [0.2, 0.25) is 0 Å². The number of ether oxygens (including phenoxy) is 1. The highest BCUT2D eigenvalue weighted by Gasteiger charge is 2.15. The summed E-state index contributed by atoms with van der Waals surface area (Å²) in [7, 11) is 0. The van der Waals surface area contributed by atoms with Crippen molar-refractivity contribution in [2.75, 3.05) is 13.2 Å². The Hall–Kier alpha value is -0.800. The molecule has 2 rings (SSSR count). The van der Waals surface area contributed by atoms with Crippen LogP contribution in [0.1, 0.15) is 44.5 Å². The van der Waals surface area contributed by atoms with Gasteiger partial charge in [-0.05, 0) is 38.3 Å². The van der Waals surface area contributed by atoms with Crippen molar-refractivity contribution in [3.8, 4) is 0 Å². The van der Waals surface area contributed by atoms with E-state index in [0.717, 1.165) is 26.2 Å². The van der Waals surface area contributed by atoms with Gasteiger partial charge in [-0.15, -0.1) is 0 Å². The Morgan fingerprint density at radius 1 is 1.33 bits per heavy atom. The maximum absolute atomic E-state index is 5.62. The molecule has 0 aromatic carbocycles. The number of aryl methyl sites for hydroxylation is 1. The number of nitrogens with zero attached hydrogens (tertiary/aromatic N) is 1. The molecule has 3 nitrogen and oxygen atoms in total. The summed E-state index contributed by atoms with van der Waals surface area (Å²) >= 11 is 0. The van der Waals surface area contributed by atoms with Crippen molar-refractivity contribution in [2.24, 2.45) is 0 Å². The standard InChI is InChI=1S/C15H26N2O/c1-3-6-13-8-9-14(17(13)4-2)11-16-12-15-7-5-10-18-15/h8-9,15-16H,3-7,10-12H2,1-2H3/t15-/m0/s1. The van der Waals surface area contributed by atoms with E-state index in [1.54, 1.807) is 0 Å². The second-order valence-electron chi connectivity index (χ2n) is 5.08. The second-order valence-corrected chi connectivity index (χ2v) is 5.08. The topological polar surface area (TPSA) is 26.2 Å². The van der Waals surface area contributed by atoms with Gasteiger partial charge < -0.3 is 14.6 Å². The van der Waals surface area contributed by atoms with E-state index in [-0.39, 0.29) is 0 Å². The van der Waals surface area contributed by atoms with Crippen molar-refractivity contribution in [3.05, 3.63) is 23.5 Å². The van der Waals surface area contributed by atoms with E-state index in [2.05, 4.69) is 35.9 Å². The molecule has 0 bridgehead atoms. The Balaban J connectivity index is 1.84. The van der Waals surface area contributed by atoms with Gasteiger partial charge >= 0.3 is 0 Å². The van der Waals surface area contributed by atoms with Crippen LogP contribution in [0.5, 0.6) is 0 Å². The van der Waals surface area contributed by atoms with Gasteiger partial charge in [0.25, 0.3) is 0 Å². The molecule has 3 heteroatoms. The second kappa shape index (κ2) is 6.95. The molecule has 0 radical (unpaired) electrons. The lowest BCUT2D eigenvalue weighted by atomic mass is 10.2. The highest BCUT2D eigenvalue weighted by molar-refractivity contribution is 5.16. The number of aromatic nitrogens is 1. The molecule has 0 saturated carbocycles. The van der Waals surface area contributed by atoms with Gasteiger partial charge in [0.05, 0.1) is 6.10 Å². The summed E-state index contributed by atoms with van der Waals surface area (Å²) in [4.78, 5) is 0. The van der Waals surface area contributed by atoms with Crippen LogP contribution in [0.25, 0.3) is 0 Å². The third-order valence-corrected chi connectivity index (χ3v) is 3.69. The van der Waals surface area contributed by atoms with E-state index < -0.39 is 0 Å². The highest BCUT2D eigenvalue weighted by atomic mass is 16.5. The summed E-state index contributed by atoms with van der Waals surface area (Å²) in [6.45, 7) is 8.41. The molecule has 0 aliphatic carbocycles. The van der Waals surface area contributed by atoms with E-state index >= 15 is 0 Å². The van der Waals surface area contributed by atoms with Crippen molar-refractivity contribution in [3.63, 3.8) is 0 Å². The van der Waals surface area contributed by atoms with Crippen LogP contribution < -0.4 is 5.32 Å². The molecule has 1 fully saturated rings. The first-order valence-corrected chi connectivity index (χ1v) is 7.34. The lowest BCUT2D eigenvalue weighted by Gasteiger charge is -2.13. The zero-order valence-electron chi connectivity index (χ0n) is 11.7. The van der Waals surface area contributed by atoms with Gasteiger partial charge in [-0.2, -0.15) is 0 Å². The first-order valence-electron chi connectivity index (χ1n) is 7.34. The molecule has 1 atom stereocenters. The van der Waals surface area contributed by atoms with E-state index in [4.69, 9.17) is 4.74 Å². The van der Waals surface area contributed by atoms with Crippen molar-refractivity contribution in [1.82, 2.24) is 9.88 Å². The van der Waals surface area contributed by atoms with E-state index in [1.165, 1.54) is 37.1 Å². The van der Waals surface area contributed by atoms with E-state index in [9.17, 15) is 0 Å². The molecule has 1 N–H and O–H groups in total. The number of hydrogen-bond donors (Lipinski definition) is 1. The smallest absolute Gasteiger partial charge is 0.0700 e. The Morgan fingerprint density at radius 3 is 2.83 bits per heavy atom. The lowest BCUT2D eigenvalue weighted by Crippen LogP contribution is -2.26. The maximum atomic E-state index is 5.62. The molecule has 1 saturated heterocycles. The normalized spacial score (nSPS) is 19.6. The Labute approximate surface area is 111 Å². The van der Waals surface area contributed by atoms with Gasteiger partial charge in [0.1, 0.15) is 0 Å². The average Bonchev–Trinajstić information content (AvgIpc) is 3.00. The van der Waals surface area contributed by atoms with Crippen molar-refractivity contribution in [2.45, 2.75) is 58.7 Å². The van der Waals surface area contributed by atoms with Crippen LogP contribution in [0.2, 0.25) is 0 Å². The molecule has 0 amide bonds. The molecule has 18 heavy (non-hydrogen) atoms. The van der Waals surface area contributed by atoms with Crippen molar-refractivity contribution < 1.29 is 4.74 Å². The average molecular weight is 250 g/mol. The molecule has 1 aliphatic rings. The fourth-order valence-corrected chi connectivity index (χ4v) is 2.76. The zero-order valence-corrected chi connectivity index (χ0v) is 11.7. The maximum Gasteiger partial charge on any atom is 0.0700 e. The summed E-state index contributed by atoms with van der Waals surface area (Å²) in [5.74, 6) is 0. The lowest BCUT2D eigenvalue weighted by molar-refractivity contribution is 0.110. The van der Waals surface area contributed by atoms with Crippen LogP contribution in [0.4, 0.5) is 0 Å². The predicted octanol–water partition coefficient (Wildman–Crippen LogP) is 2.73. The Kier molecular flexibility index (Phi) is 5.26. The first-order chi connectivity index (χ1) is 8.85. The van der Waals surface area contributed by atoms with Crippen LogP contribution in [0.3, 0.4) is 0 Å². The molecular formula is C15H26N2O. The molecule has 102 valence electrons. The molecule has 0 unspecified atom stereocenters. The molecular weight excluding hydrogens is 224 g/mol.